The number of nitrogens with two attached hydrogens (primary N) is 2. The lowest BCUT2D eigenvalue weighted by Gasteiger charge is -2.26. The Hall–Kier alpha value is -0.660. The van der Waals surface area contributed by atoms with Crippen molar-refractivity contribution in [1.82, 2.24) is 5.32 Å². The molecule has 4 unspecified atom stereocenters. The zero-order chi connectivity index (χ0) is 13.3. The zero-order valence-corrected chi connectivity index (χ0v) is 11.2. The topological polar surface area (TPSA) is 115 Å². The molecule has 2 saturated carbocycles. The molecule has 18 heavy (non-hydrogen) atoms. The van der Waals surface area contributed by atoms with Crippen molar-refractivity contribution in [3.05, 3.63) is 0 Å². The van der Waals surface area contributed by atoms with Crippen molar-refractivity contribution < 1.29 is 13.2 Å². The van der Waals surface area contributed by atoms with Crippen molar-refractivity contribution >= 4 is 15.9 Å². The number of sulfonamides is 1. The number of hydrogen-bond donors (Lipinski definition) is 3. The molecule has 4 atom stereocenters. The summed E-state index contributed by atoms with van der Waals surface area (Å²) in [6.07, 6.45) is 3.64. The Morgan fingerprint density at radius 2 is 1.94 bits per heavy atom. The van der Waals surface area contributed by atoms with Crippen LogP contribution in [0.3, 0.4) is 0 Å². The minimum Gasteiger partial charge on any atom is -0.356 e. The van der Waals surface area contributed by atoms with Crippen LogP contribution in [0.2, 0.25) is 0 Å². The van der Waals surface area contributed by atoms with E-state index in [1.807, 2.05) is 0 Å². The zero-order valence-electron chi connectivity index (χ0n) is 10.3. The first kappa shape index (κ1) is 13.8. The minimum atomic E-state index is -3.44. The molecule has 0 aromatic heterocycles. The van der Waals surface area contributed by atoms with Crippen molar-refractivity contribution in [1.29, 1.82) is 0 Å². The van der Waals surface area contributed by atoms with Gasteiger partial charge in [0.1, 0.15) is 0 Å². The molecule has 7 heteroatoms. The van der Waals surface area contributed by atoms with E-state index in [0.29, 0.717) is 24.8 Å². The first-order chi connectivity index (χ1) is 8.38. The molecule has 1 amide bonds. The Bertz CT molecular complexity index is 421. The van der Waals surface area contributed by atoms with E-state index < -0.39 is 10.0 Å². The van der Waals surface area contributed by atoms with E-state index >= 15 is 0 Å². The molecule has 0 heterocycles. The second-order valence-electron chi connectivity index (χ2n) is 5.45. The summed E-state index contributed by atoms with van der Waals surface area (Å²) in [4.78, 5) is 12.0. The predicted molar refractivity (Wildman–Crippen MR) is 67.9 cm³/mol. The van der Waals surface area contributed by atoms with Gasteiger partial charge in [-0.1, -0.05) is 0 Å². The summed E-state index contributed by atoms with van der Waals surface area (Å²) in [7, 11) is -3.44. The van der Waals surface area contributed by atoms with E-state index in [2.05, 4.69) is 5.32 Å². The summed E-state index contributed by atoms with van der Waals surface area (Å²) in [5, 5.41) is 7.66. The van der Waals surface area contributed by atoms with E-state index in [9.17, 15) is 13.2 Å². The number of nitrogens with one attached hydrogen (secondary N) is 1. The quantitative estimate of drug-likeness (QED) is 0.567. The Morgan fingerprint density at radius 3 is 2.50 bits per heavy atom. The maximum absolute atomic E-state index is 12.0. The van der Waals surface area contributed by atoms with Gasteiger partial charge in [-0.2, -0.15) is 0 Å². The standard InChI is InChI=1S/C11H21N3O3S/c12-10-8-3-2-7(6-8)9(10)11(15)14-4-1-5-18(13,16)17/h7-10H,1-6,12H2,(H,14,15)(H2,13,16,17). The number of hydrogen-bond acceptors (Lipinski definition) is 4. The molecule has 0 aliphatic heterocycles. The first-order valence-electron chi connectivity index (χ1n) is 6.42. The maximum atomic E-state index is 12.0. The van der Waals surface area contributed by atoms with Crippen molar-refractivity contribution in [3.63, 3.8) is 0 Å². The highest BCUT2D eigenvalue weighted by Crippen LogP contribution is 2.47. The van der Waals surface area contributed by atoms with E-state index in [0.717, 1.165) is 19.3 Å². The number of primary sulfonamides is 1. The maximum Gasteiger partial charge on any atom is 0.224 e. The van der Waals surface area contributed by atoms with E-state index in [1.54, 1.807) is 0 Å². The summed E-state index contributed by atoms with van der Waals surface area (Å²) >= 11 is 0. The fraction of sp³-hybridized carbons (Fsp3) is 0.909. The number of rotatable bonds is 5. The monoisotopic (exact) mass is 275 g/mol. The van der Waals surface area contributed by atoms with Crippen molar-refractivity contribution in [2.24, 2.45) is 28.6 Å². The smallest absolute Gasteiger partial charge is 0.224 e. The van der Waals surface area contributed by atoms with E-state index in [4.69, 9.17) is 10.9 Å². The van der Waals surface area contributed by atoms with Crippen molar-refractivity contribution in [3.8, 4) is 0 Å². The fourth-order valence-electron chi connectivity index (χ4n) is 3.33. The lowest BCUT2D eigenvalue weighted by Crippen LogP contribution is -2.45. The molecule has 0 aromatic carbocycles. The Kier molecular flexibility index (Phi) is 3.93. The number of carbonyl (C=O) groups is 1. The third-order valence-electron chi connectivity index (χ3n) is 4.19. The van der Waals surface area contributed by atoms with Gasteiger partial charge in [0.05, 0.1) is 11.7 Å². The molecule has 0 spiro atoms. The number of amides is 1. The number of carbonyl (C=O) groups excluding carboxylic acids is 1. The Labute approximate surface area is 108 Å². The average molecular weight is 275 g/mol. The van der Waals surface area contributed by atoms with Crippen LogP contribution in [0, 0.1) is 17.8 Å². The summed E-state index contributed by atoms with van der Waals surface area (Å²) in [5.41, 5.74) is 6.06. The van der Waals surface area contributed by atoms with Crippen molar-refractivity contribution in [2.75, 3.05) is 12.3 Å². The molecule has 5 N–H and O–H groups in total. The third kappa shape index (κ3) is 3.02. The largest absolute Gasteiger partial charge is 0.356 e. The van der Waals surface area contributed by atoms with Crippen LogP contribution in [0.5, 0.6) is 0 Å². The van der Waals surface area contributed by atoms with Crippen LogP contribution in [-0.4, -0.2) is 32.7 Å². The molecule has 2 bridgehead atoms. The Morgan fingerprint density at radius 1 is 1.28 bits per heavy atom. The number of fused-ring (bicyclic) bond motifs is 2. The molecule has 0 saturated heterocycles. The van der Waals surface area contributed by atoms with E-state index in [1.165, 1.54) is 0 Å². The Balaban J connectivity index is 1.75. The molecular weight excluding hydrogens is 254 g/mol. The van der Waals surface area contributed by atoms with Crippen LogP contribution < -0.4 is 16.2 Å². The summed E-state index contributed by atoms with van der Waals surface area (Å²) in [5.74, 6) is 0.705. The predicted octanol–water partition coefficient (Wildman–Crippen LogP) is -0.845. The normalized spacial score (nSPS) is 34.8. The molecule has 0 aromatic rings. The molecule has 0 radical (unpaired) electrons. The fourth-order valence-corrected chi connectivity index (χ4v) is 3.87. The van der Waals surface area contributed by atoms with Gasteiger partial charge in [-0.05, 0) is 37.5 Å². The molecule has 6 nitrogen and oxygen atoms in total. The van der Waals surface area contributed by atoms with Gasteiger partial charge in [0.2, 0.25) is 15.9 Å². The van der Waals surface area contributed by atoms with Crippen molar-refractivity contribution in [2.45, 2.75) is 31.7 Å². The van der Waals surface area contributed by atoms with Gasteiger partial charge >= 0.3 is 0 Å². The van der Waals surface area contributed by atoms with Gasteiger partial charge in [0.25, 0.3) is 0 Å². The van der Waals surface area contributed by atoms with Crippen LogP contribution >= 0.6 is 0 Å². The van der Waals surface area contributed by atoms with Crippen LogP contribution in [0.25, 0.3) is 0 Å². The highest BCUT2D eigenvalue weighted by molar-refractivity contribution is 7.89. The molecule has 2 aliphatic rings. The van der Waals surface area contributed by atoms with Crippen LogP contribution in [0.4, 0.5) is 0 Å². The van der Waals surface area contributed by atoms with Gasteiger partial charge in [-0.15, -0.1) is 0 Å². The second-order valence-corrected chi connectivity index (χ2v) is 7.18. The third-order valence-corrected chi connectivity index (χ3v) is 5.05. The first-order valence-corrected chi connectivity index (χ1v) is 8.14. The van der Waals surface area contributed by atoms with Crippen LogP contribution in [0.15, 0.2) is 0 Å². The minimum absolute atomic E-state index is 0.0240. The molecule has 2 fully saturated rings. The highest BCUT2D eigenvalue weighted by Gasteiger charge is 2.48. The molecule has 104 valence electrons. The van der Waals surface area contributed by atoms with Gasteiger partial charge in [-0.3, -0.25) is 4.79 Å². The van der Waals surface area contributed by atoms with Gasteiger partial charge in [0, 0.05) is 12.6 Å². The summed E-state index contributed by atoms with van der Waals surface area (Å²) < 4.78 is 21.5. The molecule has 2 aliphatic carbocycles. The van der Waals surface area contributed by atoms with Gasteiger partial charge < -0.3 is 11.1 Å². The summed E-state index contributed by atoms with van der Waals surface area (Å²) in [6, 6.07) is -0.0259. The lowest BCUT2D eigenvalue weighted by atomic mass is 9.84. The average Bonchev–Trinajstić information content (AvgIpc) is 2.83. The second kappa shape index (κ2) is 5.14. The highest BCUT2D eigenvalue weighted by atomic mass is 32.2. The molecule has 2 rings (SSSR count). The van der Waals surface area contributed by atoms with Gasteiger partial charge in [-0.25, -0.2) is 13.6 Å². The van der Waals surface area contributed by atoms with Gasteiger partial charge in [0.15, 0.2) is 0 Å². The van der Waals surface area contributed by atoms with Crippen LogP contribution in [0.1, 0.15) is 25.7 Å². The SMILES string of the molecule is NC1C2CCC(C2)C1C(=O)NCCCS(N)(=O)=O. The lowest BCUT2D eigenvalue weighted by molar-refractivity contribution is -0.127. The van der Waals surface area contributed by atoms with E-state index in [-0.39, 0.29) is 23.6 Å². The van der Waals surface area contributed by atoms with Crippen LogP contribution in [-0.2, 0) is 14.8 Å². The summed E-state index contributed by atoms with van der Waals surface area (Å²) in [6.45, 7) is 0.343. The molecular formula is C11H21N3O3S.